The minimum Gasteiger partial charge on any atom is -0.322 e. The van der Waals surface area contributed by atoms with Crippen LogP contribution in [0.4, 0.5) is 11.4 Å². The molecule has 1 aliphatic rings. The van der Waals surface area contributed by atoms with Gasteiger partial charge in [0.2, 0.25) is 0 Å². The van der Waals surface area contributed by atoms with E-state index < -0.39 is 11.8 Å². The van der Waals surface area contributed by atoms with E-state index in [0.717, 1.165) is 10.5 Å². The molecule has 3 aromatic rings. The quantitative estimate of drug-likeness (QED) is 0.728. The maximum Gasteiger partial charge on any atom is 0.284 e. The van der Waals surface area contributed by atoms with Gasteiger partial charge in [-0.05, 0) is 48.9 Å². The molecule has 1 aromatic heterocycles. The summed E-state index contributed by atoms with van der Waals surface area (Å²) in [4.78, 5) is 42.7. The SMILES string of the molecule is Cc1ccccc1C(=O)Nc1cccc(N2C(=O)c3cccnc3C2=O)c1. The average molecular weight is 357 g/mol. The molecule has 0 saturated carbocycles. The number of nitrogens with zero attached hydrogens (tertiary/aromatic N) is 2. The average Bonchev–Trinajstić information content (AvgIpc) is 2.93. The van der Waals surface area contributed by atoms with E-state index in [0.29, 0.717) is 16.9 Å². The Bertz CT molecular complexity index is 1060. The molecule has 0 bridgehead atoms. The van der Waals surface area contributed by atoms with E-state index in [-0.39, 0.29) is 17.2 Å². The maximum absolute atomic E-state index is 12.6. The van der Waals surface area contributed by atoms with Gasteiger partial charge >= 0.3 is 0 Å². The predicted molar refractivity (Wildman–Crippen MR) is 101 cm³/mol. The first-order chi connectivity index (χ1) is 13.1. The van der Waals surface area contributed by atoms with Crippen LogP contribution in [-0.2, 0) is 0 Å². The van der Waals surface area contributed by atoms with Crippen molar-refractivity contribution in [1.29, 1.82) is 0 Å². The highest BCUT2D eigenvalue weighted by molar-refractivity contribution is 6.33. The van der Waals surface area contributed by atoms with Crippen LogP contribution in [0.15, 0.2) is 66.9 Å². The molecule has 2 heterocycles. The molecule has 1 N–H and O–H groups in total. The molecule has 0 aliphatic carbocycles. The number of benzene rings is 2. The summed E-state index contributed by atoms with van der Waals surface area (Å²) in [6.45, 7) is 1.86. The third kappa shape index (κ3) is 2.87. The molecule has 0 radical (unpaired) electrons. The molecule has 2 aromatic carbocycles. The monoisotopic (exact) mass is 357 g/mol. The molecule has 0 spiro atoms. The summed E-state index contributed by atoms with van der Waals surface area (Å²) >= 11 is 0. The number of anilines is 2. The molecule has 3 amide bonds. The van der Waals surface area contributed by atoms with E-state index >= 15 is 0 Å². The lowest BCUT2D eigenvalue weighted by Gasteiger charge is -2.15. The van der Waals surface area contributed by atoms with E-state index in [2.05, 4.69) is 10.3 Å². The Morgan fingerprint density at radius 1 is 0.963 bits per heavy atom. The molecule has 27 heavy (non-hydrogen) atoms. The van der Waals surface area contributed by atoms with Crippen LogP contribution in [0.3, 0.4) is 0 Å². The van der Waals surface area contributed by atoms with Crippen molar-refractivity contribution >= 4 is 29.1 Å². The highest BCUT2D eigenvalue weighted by Crippen LogP contribution is 2.28. The Kier molecular flexibility index (Phi) is 4.01. The van der Waals surface area contributed by atoms with Gasteiger partial charge in [0.05, 0.1) is 11.3 Å². The summed E-state index contributed by atoms with van der Waals surface area (Å²) in [5.41, 5.74) is 2.70. The number of nitrogens with one attached hydrogen (secondary N) is 1. The summed E-state index contributed by atoms with van der Waals surface area (Å²) in [6, 6.07) is 17.1. The van der Waals surface area contributed by atoms with Gasteiger partial charge in [-0.3, -0.25) is 19.4 Å². The van der Waals surface area contributed by atoms with Crippen molar-refractivity contribution in [3.63, 3.8) is 0 Å². The summed E-state index contributed by atoms with van der Waals surface area (Å²) in [5, 5.41) is 2.81. The van der Waals surface area contributed by atoms with Crippen molar-refractivity contribution in [2.75, 3.05) is 10.2 Å². The van der Waals surface area contributed by atoms with Crippen LogP contribution in [0.1, 0.15) is 36.8 Å². The third-order valence-corrected chi connectivity index (χ3v) is 4.40. The fraction of sp³-hybridized carbons (Fsp3) is 0.0476. The smallest absolute Gasteiger partial charge is 0.284 e. The van der Waals surface area contributed by atoms with Crippen LogP contribution in [0.5, 0.6) is 0 Å². The van der Waals surface area contributed by atoms with Crippen LogP contribution < -0.4 is 10.2 Å². The number of hydrogen-bond donors (Lipinski definition) is 1. The molecule has 0 unspecified atom stereocenters. The standard InChI is InChI=1S/C21H15N3O3/c1-13-6-2-3-9-16(13)19(25)23-14-7-4-8-15(12-14)24-20(26)17-10-5-11-22-18(17)21(24)27/h2-12H,1H3,(H,23,25). The van der Waals surface area contributed by atoms with Gasteiger partial charge in [-0.25, -0.2) is 4.90 Å². The van der Waals surface area contributed by atoms with Crippen LogP contribution in [0.2, 0.25) is 0 Å². The molecule has 6 heteroatoms. The minimum absolute atomic E-state index is 0.136. The molecule has 0 saturated heterocycles. The first kappa shape index (κ1) is 16.7. The second-order valence-electron chi connectivity index (χ2n) is 6.16. The third-order valence-electron chi connectivity index (χ3n) is 4.40. The highest BCUT2D eigenvalue weighted by atomic mass is 16.2. The highest BCUT2D eigenvalue weighted by Gasteiger charge is 2.37. The zero-order valence-electron chi connectivity index (χ0n) is 14.5. The van der Waals surface area contributed by atoms with Gasteiger partial charge in [-0.1, -0.05) is 24.3 Å². The van der Waals surface area contributed by atoms with Crippen molar-refractivity contribution in [2.24, 2.45) is 0 Å². The van der Waals surface area contributed by atoms with Crippen molar-refractivity contribution in [2.45, 2.75) is 6.92 Å². The Balaban J connectivity index is 1.63. The Morgan fingerprint density at radius 3 is 2.56 bits per heavy atom. The van der Waals surface area contributed by atoms with E-state index in [9.17, 15) is 14.4 Å². The van der Waals surface area contributed by atoms with Gasteiger partial charge in [0.25, 0.3) is 17.7 Å². The lowest BCUT2D eigenvalue weighted by molar-refractivity contribution is 0.0923. The van der Waals surface area contributed by atoms with Gasteiger partial charge in [0, 0.05) is 17.4 Å². The van der Waals surface area contributed by atoms with Crippen LogP contribution >= 0.6 is 0 Å². The van der Waals surface area contributed by atoms with Gasteiger partial charge in [-0.15, -0.1) is 0 Å². The largest absolute Gasteiger partial charge is 0.322 e. The second kappa shape index (κ2) is 6.49. The first-order valence-corrected chi connectivity index (χ1v) is 8.37. The number of imide groups is 1. The number of aromatic nitrogens is 1. The number of fused-ring (bicyclic) bond motifs is 1. The number of amides is 3. The zero-order chi connectivity index (χ0) is 19.0. The van der Waals surface area contributed by atoms with E-state index in [1.165, 1.54) is 6.20 Å². The van der Waals surface area contributed by atoms with Gasteiger partial charge in [-0.2, -0.15) is 0 Å². The van der Waals surface area contributed by atoms with Crippen LogP contribution in [-0.4, -0.2) is 22.7 Å². The number of rotatable bonds is 3. The van der Waals surface area contributed by atoms with E-state index in [4.69, 9.17) is 0 Å². The summed E-state index contributed by atoms with van der Waals surface area (Å²) < 4.78 is 0. The topological polar surface area (TPSA) is 79.4 Å². The molecule has 0 atom stereocenters. The zero-order valence-corrected chi connectivity index (χ0v) is 14.5. The molecule has 1 aliphatic heterocycles. The van der Waals surface area contributed by atoms with E-state index in [1.807, 2.05) is 19.1 Å². The predicted octanol–water partition coefficient (Wildman–Crippen LogP) is 3.44. The molecule has 0 fully saturated rings. The Morgan fingerprint density at radius 2 is 1.78 bits per heavy atom. The van der Waals surface area contributed by atoms with Crippen LogP contribution in [0.25, 0.3) is 0 Å². The summed E-state index contributed by atoms with van der Waals surface area (Å²) in [6.07, 6.45) is 1.48. The molecular weight excluding hydrogens is 342 g/mol. The molecular formula is C21H15N3O3. The Hall–Kier alpha value is -3.80. The van der Waals surface area contributed by atoms with Gasteiger partial charge < -0.3 is 5.32 Å². The lowest BCUT2D eigenvalue weighted by atomic mass is 10.1. The number of carbonyl (C=O) groups excluding carboxylic acids is 3. The second-order valence-corrected chi connectivity index (χ2v) is 6.16. The summed E-state index contributed by atoms with van der Waals surface area (Å²) in [7, 11) is 0. The molecule has 6 nitrogen and oxygen atoms in total. The molecule has 4 rings (SSSR count). The van der Waals surface area contributed by atoms with Gasteiger partial charge in [0.1, 0.15) is 5.69 Å². The first-order valence-electron chi connectivity index (χ1n) is 8.37. The summed E-state index contributed by atoms with van der Waals surface area (Å²) in [5.74, 6) is -1.15. The maximum atomic E-state index is 12.6. The Labute approximate surface area is 155 Å². The minimum atomic E-state index is -0.474. The normalized spacial score (nSPS) is 12.9. The fourth-order valence-corrected chi connectivity index (χ4v) is 3.05. The van der Waals surface area contributed by atoms with Crippen molar-refractivity contribution < 1.29 is 14.4 Å². The number of carbonyl (C=O) groups is 3. The van der Waals surface area contributed by atoms with Crippen LogP contribution in [0, 0.1) is 6.92 Å². The lowest BCUT2D eigenvalue weighted by Crippen LogP contribution is -2.29. The van der Waals surface area contributed by atoms with Crippen molar-refractivity contribution in [1.82, 2.24) is 4.98 Å². The van der Waals surface area contributed by atoms with Crippen molar-refractivity contribution in [3.05, 3.63) is 89.2 Å². The number of pyridine rings is 1. The molecule has 132 valence electrons. The number of hydrogen-bond acceptors (Lipinski definition) is 4. The van der Waals surface area contributed by atoms with E-state index in [1.54, 1.807) is 48.5 Å². The number of aryl methyl sites for hydroxylation is 1. The van der Waals surface area contributed by atoms with Gasteiger partial charge in [0.15, 0.2) is 0 Å². The van der Waals surface area contributed by atoms with Crippen molar-refractivity contribution in [3.8, 4) is 0 Å². The fourth-order valence-electron chi connectivity index (χ4n) is 3.05.